The Morgan fingerprint density at radius 2 is 1.88 bits per heavy atom. The zero-order valence-electron chi connectivity index (χ0n) is 10.8. The van der Waals surface area contributed by atoms with Gasteiger partial charge in [-0.3, -0.25) is 0 Å². The molecule has 0 heterocycles. The van der Waals surface area contributed by atoms with Crippen molar-refractivity contribution in [3.63, 3.8) is 0 Å². The third kappa shape index (κ3) is 6.39. The molecule has 94 valence electrons. The van der Waals surface area contributed by atoms with Crippen LogP contribution in [0.5, 0.6) is 0 Å². The van der Waals surface area contributed by atoms with Gasteiger partial charge in [-0.05, 0) is 45.3 Å². The van der Waals surface area contributed by atoms with Gasteiger partial charge in [0.25, 0.3) is 0 Å². The molecule has 1 aromatic rings. The van der Waals surface area contributed by atoms with Crippen LogP contribution < -0.4 is 5.73 Å². The Labute approximate surface area is 110 Å². The molecule has 0 atom stereocenters. The van der Waals surface area contributed by atoms with Crippen molar-refractivity contribution in [3.8, 4) is 0 Å². The summed E-state index contributed by atoms with van der Waals surface area (Å²) in [5, 5.41) is 0. The van der Waals surface area contributed by atoms with Crippen molar-refractivity contribution >= 4 is 17.2 Å². The Kier molecular flexibility index (Phi) is 6.16. The molecule has 17 heavy (non-hydrogen) atoms. The van der Waals surface area contributed by atoms with E-state index in [9.17, 15) is 0 Å². The second kappa shape index (κ2) is 7.41. The summed E-state index contributed by atoms with van der Waals surface area (Å²) in [5.74, 6) is 0. The van der Waals surface area contributed by atoms with Crippen LogP contribution in [0.25, 0.3) is 0 Å². The molecule has 1 rings (SSSR count). The van der Waals surface area contributed by atoms with E-state index in [0.717, 1.165) is 32.4 Å². The van der Waals surface area contributed by atoms with Crippen LogP contribution in [0, 0.1) is 6.92 Å². The molecule has 2 N–H and O–H groups in total. The summed E-state index contributed by atoms with van der Waals surface area (Å²) >= 11 is 4.86. The van der Waals surface area contributed by atoms with Gasteiger partial charge in [-0.2, -0.15) is 0 Å². The van der Waals surface area contributed by atoms with E-state index in [-0.39, 0.29) is 0 Å². The number of rotatable bonds is 7. The van der Waals surface area contributed by atoms with Crippen molar-refractivity contribution in [3.05, 3.63) is 35.4 Å². The first kappa shape index (κ1) is 14.1. The summed E-state index contributed by atoms with van der Waals surface area (Å²) in [6.07, 6.45) is 3.11. The molecular formula is C14H22N2S. The molecule has 0 bridgehead atoms. The summed E-state index contributed by atoms with van der Waals surface area (Å²) in [6.45, 7) is 4.22. The number of hydrogen-bond acceptors (Lipinski definition) is 2. The highest BCUT2D eigenvalue weighted by atomic mass is 32.1. The minimum atomic E-state index is 0.631. The minimum Gasteiger partial charge on any atom is -0.393 e. The van der Waals surface area contributed by atoms with Crippen molar-refractivity contribution in [2.45, 2.75) is 32.7 Å². The van der Waals surface area contributed by atoms with Gasteiger partial charge in [0.1, 0.15) is 0 Å². The van der Waals surface area contributed by atoms with Crippen LogP contribution in [0.3, 0.4) is 0 Å². The van der Waals surface area contributed by atoms with Crippen LogP contribution in [0.1, 0.15) is 30.4 Å². The molecule has 0 fully saturated rings. The quantitative estimate of drug-likeness (QED) is 0.596. The Balaban J connectivity index is 2.22. The fraction of sp³-hybridized carbons (Fsp3) is 0.500. The maximum atomic E-state index is 5.46. The van der Waals surface area contributed by atoms with Crippen molar-refractivity contribution in [1.29, 1.82) is 0 Å². The zero-order valence-corrected chi connectivity index (χ0v) is 11.6. The van der Waals surface area contributed by atoms with E-state index >= 15 is 0 Å². The largest absolute Gasteiger partial charge is 0.393 e. The highest BCUT2D eigenvalue weighted by Crippen LogP contribution is 2.07. The molecule has 0 aliphatic rings. The molecule has 0 unspecified atom stereocenters. The number of benzene rings is 1. The van der Waals surface area contributed by atoms with E-state index in [2.05, 4.69) is 43.1 Å². The Bertz CT molecular complexity index is 346. The van der Waals surface area contributed by atoms with Gasteiger partial charge in [0.15, 0.2) is 0 Å². The lowest BCUT2D eigenvalue weighted by Gasteiger charge is -2.16. The molecule has 1 aromatic carbocycles. The zero-order chi connectivity index (χ0) is 12.7. The molecular weight excluding hydrogens is 228 g/mol. The predicted molar refractivity (Wildman–Crippen MR) is 78.1 cm³/mol. The van der Waals surface area contributed by atoms with E-state index in [1.165, 1.54) is 11.1 Å². The Hall–Kier alpha value is -0.930. The number of aryl methyl sites for hydroxylation is 1. The normalized spacial score (nSPS) is 10.8. The molecule has 2 nitrogen and oxygen atoms in total. The fourth-order valence-electron chi connectivity index (χ4n) is 1.77. The molecule has 0 radical (unpaired) electrons. The lowest BCUT2D eigenvalue weighted by Crippen LogP contribution is -2.19. The topological polar surface area (TPSA) is 29.3 Å². The molecule has 0 saturated heterocycles. The maximum absolute atomic E-state index is 5.46. The second-order valence-electron chi connectivity index (χ2n) is 4.65. The average Bonchev–Trinajstić information content (AvgIpc) is 2.27. The average molecular weight is 250 g/mol. The van der Waals surface area contributed by atoms with Crippen LogP contribution in [0.4, 0.5) is 0 Å². The molecule has 3 heteroatoms. The van der Waals surface area contributed by atoms with Gasteiger partial charge in [-0.1, -0.05) is 42.0 Å². The molecule has 0 spiro atoms. The lowest BCUT2D eigenvalue weighted by atomic mass is 10.1. The first-order valence-corrected chi connectivity index (χ1v) is 6.51. The second-order valence-corrected chi connectivity index (χ2v) is 5.17. The molecule has 0 saturated carbocycles. The highest BCUT2D eigenvalue weighted by Gasteiger charge is 2.00. The van der Waals surface area contributed by atoms with E-state index in [4.69, 9.17) is 18.0 Å². The Morgan fingerprint density at radius 3 is 2.47 bits per heavy atom. The third-order valence-electron chi connectivity index (χ3n) is 2.79. The van der Waals surface area contributed by atoms with Gasteiger partial charge in [0.2, 0.25) is 0 Å². The highest BCUT2D eigenvalue weighted by molar-refractivity contribution is 7.80. The summed E-state index contributed by atoms with van der Waals surface area (Å²) in [5.41, 5.74) is 8.15. The predicted octanol–water partition coefficient (Wildman–Crippen LogP) is 2.88. The van der Waals surface area contributed by atoms with Crippen molar-refractivity contribution in [1.82, 2.24) is 4.90 Å². The first-order valence-electron chi connectivity index (χ1n) is 6.10. The van der Waals surface area contributed by atoms with E-state index in [0.29, 0.717) is 4.99 Å². The SMILES string of the molecule is Cc1ccc(CN(C)CCCCC(N)=S)cc1. The van der Waals surface area contributed by atoms with Gasteiger partial charge in [-0.15, -0.1) is 0 Å². The molecule has 0 aliphatic heterocycles. The van der Waals surface area contributed by atoms with Crippen molar-refractivity contribution in [2.24, 2.45) is 5.73 Å². The van der Waals surface area contributed by atoms with Gasteiger partial charge in [0.05, 0.1) is 4.99 Å². The lowest BCUT2D eigenvalue weighted by molar-refractivity contribution is 0.319. The summed E-state index contributed by atoms with van der Waals surface area (Å²) < 4.78 is 0. The van der Waals surface area contributed by atoms with Crippen LogP contribution in [-0.2, 0) is 6.54 Å². The maximum Gasteiger partial charge on any atom is 0.0727 e. The molecule has 0 aromatic heterocycles. The Morgan fingerprint density at radius 1 is 1.24 bits per heavy atom. The number of nitrogens with zero attached hydrogens (tertiary/aromatic N) is 1. The fourth-order valence-corrected chi connectivity index (χ4v) is 1.91. The molecule has 0 amide bonds. The van der Waals surface area contributed by atoms with Crippen molar-refractivity contribution < 1.29 is 0 Å². The number of unbranched alkanes of at least 4 members (excludes halogenated alkanes) is 1. The van der Waals surface area contributed by atoms with Gasteiger partial charge in [-0.25, -0.2) is 0 Å². The van der Waals surface area contributed by atoms with Crippen LogP contribution in [0.15, 0.2) is 24.3 Å². The van der Waals surface area contributed by atoms with Gasteiger partial charge in [0, 0.05) is 6.54 Å². The van der Waals surface area contributed by atoms with E-state index in [1.54, 1.807) is 0 Å². The van der Waals surface area contributed by atoms with Crippen molar-refractivity contribution in [2.75, 3.05) is 13.6 Å². The third-order valence-corrected chi connectivity index (χ3v) is 2.99. The number of nitrogens with two attached hydrogens (primary N) is 1. The van der Waals surface area contributed by atoms with Crippen LogP contribution in [-0.4, -0.2) is 23.5 Å². The summed E-state index contributed by atoms with van der Waals surface area (Å²) in [6, 6.07) is 8.72. The minimum absolute atomic E-state index is 0.631. The molecule has 0 aliphatic carbocycles. The van der Waals surface area contributed by atoms with Gasteiger partial charge >= 0.3 is 0 Å². The number of thiocarbonyl (C=S) groups is 1. The van der Waals surface area contributed by atoms with Gasteiger partial charge < -0.3 is 10.6 Å². The van der Waals surface area contributed by atoms with Crippen LogP contribution in [0.2, 0.25) is 0 Å². The standard InChI is InChI=1S/C14H22N2S/c1-12-6-8-13(9-7-12)11-16(2)10-4-3-5-14(15)17/h6-9H,3-5,10-11H2,1-2H3,(H2,15,17). The van der Waals surface area contributed by atoms with E-state index < -0.39 is 0 Å². The monoisotopic (exact) mass is 250 g/mol. The first-order chi connectivity index (χ1) is 8.08. The summed E-state index contributed by atoms with van der Waals surface area (Å²) in [7, 11) is 2.15. The summed E-state index contributed by atoms with van der Waals surface area (Å²) in [4.78, 5) is 2.97. The smallest absolute Gasteiger partial charge is 0.0727 e. The van der Waals surface area contributed by atoms with Crippen LogP contribution >= 0.6 is 12.2 Å². The van der Waals surface area contributed by atoms with E-state index in [1.807, 2.05) is 0 Å². The number of hydrogen-bond donors (Lipinski definition) is 1.